The lowest BCUT2D eigenvalue weighted by Crippen LogP contribution is -2.19. The van der Waals surface area contributed by atoms with Gasteiger partial charge in [-0.3, -0.25) is 4.79 Å². The van der Waals surface area contributed by atoms with Gasteiger partial charge in [0.25, 0.3) is 5.91 Å². The van der Waals surface area contributed by atoms with Crippen molar-refractivity contribution in [3.8, 4) is 10.6 Å². The summed E-state index contributed by atoms with van der Waals surface area (Å²) >= 11 is 1.41. The quantitative estimate of drug-likeness (QED) is 0.678. The van der Waals surface area contributed by atoms with E-state index in [-0.39, 0.29) is 5.91 Å². The van der Waals surface area contributed by atoms with Crippen LogP contribution in [0.3, 0.4) is 0 Å². The van der Waals surface area contributed by atoms with E-state index in [4.69, 9.17) is 5.73 Å². The van der Waals surface area contributed by atoms with Gasteiger partial charge >= 0.3 is 6.03 Å². The van der Waals surface area contributed by atoms with Gasteiger partial charge in [-0.25, -0.2) is 9.78 Å². The molecule has 0 bridgehead atoms. The average Bonchev–Trinajstić information content (AvgIpc) is 3.05. The average molecular weight is 338 g/mol. The molecule has 0 spiro atoms. The number of urea groups is 1. The van der Waals surface area contributed by atoms with Gasteiger partial charge in [0, 0.05) is 22.3 Å². The van der Waals surface area contributed by atoms with Crippen LogP contribution in [-0.2, 0) is 0 Å². The molecule has 1 heterocycles. The number of carbonyl (C=O) groups excluding carboxylic acids is 2. The summed E-state index contributed by atoms with van der Waals surface area (Å²) in [7, 11) is 0. The minimum absolute atomic E-state index is 0.315. The van der Waals surface area contributed by atoms with Crippen molar-refractivity contribution in [1.29, 1.82) is 0 Å². The van der Waals surface area contributed by atoms with Crippen molar-refractivity contribution < 1.29 is 9.59 Å². The van der Waals surface area contributed by atoms with E-state index in [1.54, 1.807) is 29.6 Å². The minimum Gasteiger partial charge on any atom is -0.351 e. The van der Waals surface area contributed by atoms with Crippen LogP contribution in [0.1, 0.15) is 10.5 Å². The first-order chi connectivity index (χ1) is 11.6. The van der Waals surface area contributed by atoms with Gasteiger partial charge in [0.1, 0.15) is 10.7 Å². The Hall–Kier alpha value is -3.19. The summed E-state index contributed by atoms with van der Waals surface area (Å²) in [5, 5.41) is 7.70. The molecule has 0 saturated heterocycles. The number of nitrogens with two attached hydrogens (primary N) is 1. The minimum atomic E-state index is -0.662. The topological polar surface area (TPSA) is 97.1 Å². The fourth-order valence-electron chi connectivity index (χ4n) is 2.10. The van der Waals surface area contributed by atoms with Crippen LogP contribution in [0.15, 0.2) is 60.0 Å². The van der Waals surface area contributed by atoms with Gasteiger partial charge in [-0.05, 0) is 18.2 Å². The molecule has 0 aliphatic heterocycles. The highest BCUT2D eigenvalue weighted by atomic mass is 32.1. The third-order valence-corrected chi connectivity index (χ3v) is 4.04. The van der Waals surface area contributed by atoms with Crippen LogP contribution in [0.2, 0.25) is 0 Å². The van der Waals surface area contributed by atoms with E-state index in [0.717, 1.165) is 10.6 Å². The highest BCUT2D eigenvalue weighted by Gasteiger charge is 2.12. The number of aromatic nitrogens is 1. The normalized spacial score (nSPS) is 10.2. The van der Waals surface area contributed by atoms with E-state index in [1.165, 1.54) is 11.3 Å². The number of benzene rings is 2. The van der Waals surface area contributed by atoms with Crippen molar-refractivity contribution in [2.75, 3.05) is 10.6 Å². The highest BCUT2D eigenvalue weighted by Crippen LogP contribution is 2.24. The molecular formula is C17H14N4O2S. The second-order valence-corrected chi connectivity index (χ2v) is 5.79. The molecular weight excluding hydrogens is 324 g/mol. The summed E-state index contributed by atoms with van der Waals surface area (Å²) in [5.41, 5.74) is 7.43. The number of hydrogen-bond donors (Lipinski definition) is 3. The number of primary amides is 1. The lowest BCUT2D eigenvalue weighted by molar-refractivity contribution is 0.102. The first kappa shape index (κ1) is 15.7. The summed E-state index contributed by atoms with van der Waals surface area (Å²) in [5.74, 6) is -0.315. The Kier molecular flexibility index (Phi) is 4.53. The second kappa shape index (κ2) is 6.93. The molecule has 24 heavy (non-hydrogen) atoms. The van der Waals surface area contributed by atoms with Gasteiger partial charge in [0.05, 0.1) is 0 Å². The summed E-state index contributed by atoms with van der Waals surface area (Å²) in [6.45, 7) is 0. The molecule has 0 unspecified atom stereocenters. The Labute approximate surface area is 142 Å². The standard InChI is InChI=1S/C17H14N4O2S/c18-17(23)20-13-8-4-7-12(9-13)19-15(22)14-10-24-16(21-14)11-5-2-1-3-6-11/h1-10H,(H,19,22)(H3,18,20,23). The van der Waals surface area contributed by atoms with E-state index < -0.39 is 6.03 Å². The molecule has 1 aromatic heterocycles. The number of carbonyl (C=O) groups is 2. The fourth-order valence-corrected chi connectivity index (χ4v) is 2.91. The van der Waals surface area contributed by atoms with Crippen LogP contribution in [0.4, 0.5) is 16.2 Å². The number of anilines is 2. The number of amides is 3. The maximum Gasteiger partial charge on any atom is 0.316 e. The molecule has 2 aromatic carbocycles. The number of rotatable bonds is 4. The highest BCUT2D eigenvalue weighted by molar-refractivity contribution is 7.13. The molecule has 0 aliphatic carbocycles. The predicted molar refractivity (Wildman–Crippen MR) is 95.2 cm³/mol. The van der Waals surface area contributed by atoms with Gasteiger partial charge < -0.3 is 16.4 Å². The molecule has 7 heteroatoms. The van der Waals surface area contributed by atoms with Crippen LogP contribution in [0.25, 0.3) is 10.6 Å². The maximum absolute atomic E-state index is 12.3. The smallest absolute Gasteiger partial charge is 0.316 e. The van der Waals surface area contributed by atoms with Gasteiger partial charge in [0.2, 0.25) is 0 Å². The van der Waals surface area contributed by atoms with Crippen LogP contribution < -0.4 is 16.4 Å². The molecule has 3 aromatic rings. The van der Waals surface area contributed by atoms with Crippen molar-refractivity contribution in [3.05, 3.63) is 65.7 Å². The van der Waals surface area contributed by atoms with Crippen LogP contribution in [0, 0.1) is 0 Å². The van der Waals surface area contributed by atoms with Crippen molar-refractivity contribution in [2.24, 2.45) is 5.73 Å². The Bertz CT molecular complexity index is 877. The Balaban J connectivity index is 1.74. The van der Waals surface area contributed by atoms with E-state index >= 15 is 0 Å². The second-order valence-electron chi connectivity index (χ2n) is 4.93. The van der Waals surface area contributed by atoms with E-state index in [9.17, 15) is 9.59 Å². The lowest BCUT2D eigenvalue weighted by atomic mass is 10.2. The van der Waals surface area contributed by atoms with E-state index in [2.05, 4.69) is 15.6 Å². The summed E-state index contributed by atoms with van der Waals surface area (Å²) in [6, 6.07) is 15.7. The fraction of sp³-hybridized carbons (Fsp3) is 0. The van der Waals surface area contributed by atoms with Gasteiger partial charge in [0.15, 0.2) is 0 Å². The zero-order valence-electron chi connectivity index (χ0n) is 12.5. The van der Waals surface area contributed by atoms with Crippen LogP contribution >= 0.6 is 11.3 Å². The monoisotopic (exact) mass is 338 g/mol. The Morgan fingerprint density at radius 2 is 1.67 bits per heavy atom. The van der Waals surface area contributed by atoms with Crippen LogP contribution in [-0.4, -0.2) is 16.9 Å². The van der Waals surface area contributed by atoms with Gasteiger partial charge in [-0.2, -0.15) is 0 Å². The number of nitrogens with one attached hydrogen (secondary N) is 2. The molecule has 0 aliphatic rings. The molecule has 3 rings (SSSR count). The lowest BCUT2D eigenvalue weighted by Gasteiger charge is -2.06. The van der Waals surface area contributed by atoms with Crippen molar-refractivity contribution in [3.63, 3.8) is 0 Å². The predicted octanol–water partition coefficient (Wildman–Crippen LogP) is 3.55. The summed E-state index contributed by atoms with van der Waals surface area (Å²) in [4.78, 5) is 27.6. The molecule has 0 radical (unpaired) electrons. The number of nitrogens with zero attached hydrogens (tertiary/aromatic N) is 1. The van der Waals surface area contributed by atoms with E-state index in [0.29, 0.717) is 17.1 Å². The third kappa shape index (κ3) is 3.76. The number of thiazole rings is 1. The SMILES string of the molecule is NC(=O)Nc1cccc(NC(=O)c2csc(-c3ccccc3)n2)c1. The molecule has 0 saturated carbocycles. The third-order valence-electron chi connectivity index (χ3n) is 3.15. The van der Waals surface area contributed by atoms with Crippen molar-refractivity contribution >= 4 is 34.6 Å². The molecule has 0 atom stereocenters. The maximum atomic E-state index is 12.3. The van der Waals surface area contributed by atoms with Gasteiger partial charge in [-0.15, -0.1) is 11.3 Å². The van der Waals surface area contributed by atoms with Crippen molar-refractivity contribution in [1.82, 2.24) is 4.98 Å². The summed E-state index contributed by atoms with van der Waals surface area (Å²) < 4.78 is 0. The van der Waals surface area contributed by atoms with Crippen molar-refractivity contribution in [2.45, 2.75) is 0 Å². The first-order valence-corrected chi connectivity index (χ1v) is 7.98. The summed E-state index contributed by atoms with van der Waals surface area (Å²) in [6.07, 6.45) is 0. The zero-order valence-corrected chi connectivity index (χ0v) is 13.3. The number of hydrogen-bond acceptors (Lipinski definition) is 4. The molecule has 6 nitrogen and oxygen atoms in total. The van der Waals surface area contributed by atoms with E-state index in [1.807, 2.05) is 30.3 Å². The molecule has 120 valence electrons. The first-order valence-electron chi connectivity index (χ1n) is 7.10. The largest absolute Gasteiger partial charge is 0.351 e. The zero-order chi connectivity index (χ0) is 16.9. The van der Waals surface area contributed by atoms with Gasteiger partial charge in [-0.1, -0.05) is 36.4 Å². The Morgan fingerprint density at radius 3 is 2.38 bits per heavy atom. The Morgan fingerprint density at radius 1 is 0.958 bits per heavy atom. The molecule has 0 fully saturated rings. The van der Waals surface area contributed by atoms with Crippen LogP contribution in [0.5, 0.6) is 0 Å². The molecule has 4 N–H and O–H groups in total. The molecule has 3 amide bonds.